The first-order valence-corrected chi connectivity index (χ1v) is 7.86. The predicted molar refractivity (Wildman–Crippen MR) is 84.6 cm³/mol. The molecular weight excluding hydrogens is 262 g/mol. The van der Waals surface area contributed by atoms with E-state index in [1.807, 2.05) is 28.8 Å². The minimum absolute atomic E-state index is 0.104. The molecule has 4 nitrogen and oxygen atoms in total. The van der Waals surface area contributed by atoms with Crippen LogP contribution in [0.2, 0.25) is 0 Å². The third-order valence-corrected chi connectivity index (χ3v) is 4.83. The van der Waals surface area contributed by atoms with Gasteiger partial charge >= 0.3 is 0 Å². The van der Waals surface area contributed by atoms with Gasteiger partial charge in [0.2, 0.25) is 0 Å². The van der Waals surface area contributed by atoms with Crippen molar-refractivity contribution >= 4 is 10.9 Å². The number of nitrogens with zero attached hydrogens (tertiary/aromatic N) is 2. The van der Waals surface area contributed by atoms with E-state index in [4.69, 9.17) is 0 Å². The average molecular weight is 283 g/mol. The largest absolute Gasteiger partial charge is 0.309 e. The van der Waals surface area contributed by atoms with Crippen LogP contribution in [0, 0.1) is 0 Å². The lowest BCUT2D eigenvalue weighted by Gasteiger charge is -2.32. The molecule has 0 saturated carbocycles. The van der Waals surface area contributed by atoms with E-state index in [2.05, 4.69) is 16.3 Å². The highest BCUT2D eigenvalue weighted by Gasteiger charge is 2.31. The van der Waals surface area contributed by atoms with Crippen LogP contribution in [0.25, 0.3) is 10.9 Å². The summed E-state index contributed by atoms with van der Waals surface area (Å²) < 4.78 is 1.92. The van der Waals surface area contributed by atoms with E-state index >= 15 is 0 Å². The molecular formula is C17H21N3O. The van der Waals surface area contributed by atoms with Gasteiger partial charge in [-0.15, -0.1) is 0 Å². The van der Waals surface area contributed by atoms with Crippen LogP contribution in [0.1, 0.15) is 12.8 Å². The SMILES string of the molecule is O=c1ccc2ccccc2n1CCN1CC2CCC(C1)N2. The number of pyridine rings is 1. The summed E-state index contributed by atoms with van der Waals surface area (Å²) in [7, 11) is 0. The second-order valence-corrected chi connectivity index (χ2v) is 6.28. The van der Waals surface area contributed by atoms with Gasteiger partial charge in [-0.05, 0) is 30.4 Å². The summed E-state index contributed by atoms with van der Waals surface area (Å²) in [6.07, 6.45) is 2.60. The molecule has 1 aromatic carbocycles. The third-order valence-electron chi connectivity index (χ3n) is 4.83. The minimum atomic E-state index is 0.104. The van der Waals surface area contributed by atoms with Crippen molar-refractivity contribution in [1.82, 2.24) is 14.8 Å². The highest BCUT2D eigenvalue weighted by Crippen LogP contribution is 2.20. The maximum absolute atomic E-state index is 12.2. The Kier molecular flexibility index (Phi) is 3.28. The molecule has 3 heterocycles. The van der Waals surface area contributed by atoms with E-state index in [0.29, 0.717) is 12.1 Å². The summed E-state index contributed by atoms with van der Waals surface area (Å²) in [6.45, 7) is 3.98. The molecule has 0 spiro atoms. The van der Waals surface area contributed by atoms with Crippen molar-refractivity contribution in [2.75, 3.05) is 19.6 Å². The van der Waals surface area contributed by atoms with Gasteiger partial charge in [-0.2, -0.15) is 0 Å². The van der Waals surface area contributed by atoms with Gasteiger partial charge in [0, 0.05) is 44.3 Å². The molecule has 1 aromatic heterocycles. The fourth-order valence-corrected chi connectivity index (χ4v) is 3.79. The Morgan fingerprint density at radius 2 is 1.76 bits per heavy atom. The third kappa shape index (κ3) is 2.49. The van der Waals surface area contributed by atoms with Crippen LogP contribution in [-0.2, 0) is 6.54 Å². The highest BCUT2D eigenvalue weighted by atomic mass is 16.1. The molecule has 110 valence electrons. The van der Waals surface area contributed by atoms with Crippen LogP contribution >= 0.6 is 0 Å². The fraction of sp³-hybridized carbons (Fsp3) is 0.471. The van der Waals surface area contributed by atoms with Crippen molar-refractivity contribution in [2.45, 2.75) is 31.5 Å². The average Bonchev–Trinajstić information content (AvgIpc) is 2.85. The molecule has 0 radical (unpaired) electrons. The van der Waals surface area contributed by atoms with E-state index in [1.54, 1.807) is 6.07 Å². The van der Waals surface area contributed by atoms with Crippen molar-refractivity contribution in [2.24, 2.45) is 0 Å². The van der Waals surface area contributed by atoms with Gasteiger partial charge in [0.1, 0.15) is 0 Å². The number of para-hydroxylation sites is 1. The van der Waals surface area contributed by atoms with Crippen molar-refractivity contribution in [3.05, 3.63) is 46.8 Å². The highest BCUT2D eigenvalue weighted by molar-refractivity contribution is 5.78. The Hall–Kier alpha value is -1.65. The Morgan fingerprint density at radius 1 is 1.00 bits per heavy atom. The summed E-state index contributed by atoms with van der Waals surface area (Å²) in [5.41, 5.74) is 1.15. The summed E-state index contributed by atoms with van der Waals surface area (Å²) >= 11 is 0. The first-order valence-electron chi connectivity index (χ1n) is 7.86. The number of likely N-dealkylation sites (tertiary alicyclic amines) is 1. The zero-order valence-electron chi connectivity index (χ0n) is 12.2. The Bertz CT molecular complexity index is 696. The first kappa shape index (κ1) is 13.0. The molecule has 2 aliphatic heterocycles. The summed E-state index contributed by atoms with van der Waals surface area (Å²) in [5.74, 6) is 0. The van der Waals surface area contributed by atoms with Gasteiger partial charge in [0.15, 0.2) is 0 Å². The number of piperazine rings is 1. The maximum Gasteiger partial charge on any atom is 0.251 e. The molecule has 0 aliphatic carbocycles. The van der Waals surface area contributed by atoms with Gasteiger partial charge in [0.05, 0.1) is 5.52 Å². The van der Waals surface area contributed by atoms with Crippen LogP contribution < -0.4 is 10.9 Å². The van der Waals surface area contributed by atoms with E-state index in [0.717, 1.165) is 37.1 Å². The quantitative estimate of drug-likeness (QED) is 0.926. The molecule has 4 rings (SSSR count). The van der Waals surface area contributed by atoms with Crippen molar-refractivity contribution in [1.29, 1.82) is 0 Å². The molecule has 2 fully saturated rings. The molecule has 1 N–H and O–H groups in total. The molecule has 2 saturated heterocycles. The van der Waals surface area contributed by atoms with Gasteiger partial charge < -0.3 is 9.88 Å². The normalized spacial score (nSPS) is 25.5. The summed E-state index contributed by atoms with van der Waals surface area (Å²) in [5, 5.41) is 4.79. The molecule has 2 unspecified atom stereocenters. The molecule has 2 aromatic rings. The van der Waals surface area contributed by atoms with E-state index in [9.17, 15) is 4.79 Å². The fourth-order valence-electron chi connectivity index (χ4n) is 3.79. The number of benzene rings is 1. The van der Waals surface area contributed by atoms with Crippen LogP contribution in [0.4, 0.5) is 0 Å². The standard InChI is InChI=1S/C17H21N3O/c21-17-8-5-13-3-1-2-4-16(13)20(17)10-9-19-11-14-6-7-15(12-19)18-14/h1-5,8,14-15,18H,6-7,9-12H2. The van der Waals surface area contributed by atoms with Crippen molar-refractivity contribution in [3.63, 3.8) is 0 Å². The van der Waals surface area contributed by atoms with Crippen LogP contribution in [-0.4, -0.2) is 41.2 Å². The number of hydrogen-bond donors (Lipinski definition) is 1. The minimum Gasteiger partial charge on any atom is -0.309 e. The Balaban J connectivity index is 1.54. The molecule has 0 amide bonds. The van der Waals surface area contributed by atoms with E-state index in [-0.39, 0.29) is 5.56 Å². The second kappa shape index (κ2) is 5.28. The summed E-state index contributed by atoms with van der Waals surface area (Å²) in [4.78, 5) is 14.7. The molecule has 21 heavy (non-hydrogen) atoms. The maximum atomic E-state index is 12.2. The molecule has 4 heteroatoms. The van der Waals surface area contributed by atoms with Crippen molar-refractivity contribution < 1.29 is 0 Å². The number of fused-ring (bicyclic) bond motifs is 3. The lowest BCUT2D eigenvalue weighted by atomic mass is 10.2. The van der Waals surface area contributed by atoms with Crippen LogP contribution in [0.15, 0.2) is 41.2 Å². The lowest BCUT2D eigenvalue weighted by Crippen LogP contribution is -2.51. The van der Waals surface area contributed by atoms with Gasteiger partial charge in [-0.1, -0.05) is 18.2 Å². The van der Waals surface area contributed by atoms with E-state index < -0.39 is 0 Å². The Labute approximate surface area is 124 Å². The number of aromatic nitrogens is 1. The lowest BCUT2D eigenvalue weighted by molar-refractivity contribution is 0.190. The molecule has 2 aliphatic rings. The molecule has 2 atom stereocenters. The van der Waals surface area contributed by atoms with Crippen LogP contribution in [0.5, 0.6) is 0 Å². The predicted octanol–water partition coefficient (Wildman–Crippen LogP) is 1.44. The first-order chi connectivity index (χ1) is 10.3. The smallest absolute Gasteiger partial charge is 0.251 e. The monoisotopic (exact) mass is 283 g/mol. The summed E-state index contributed by atoms with van der Waals surface area (Å²) in [6, 6.07) is 13.0. The van der Waals surface area contributed by atoms with Crippen LogP contribution in [0.3, 0.4) is 0 Å². The van der Waals surface area contributed by atoms with Gasteiger partial charge in [0.25, 0.3) is 5.56 Å². The second-order valence-electron chi connectivity index (χ2n) is 6.28. The van der Waals surface area contributed by atoms with Crippen molar-refractivity contribution in [3.8, 4) is 0 Å². The molecule has 2 bridgehead atoms. The van der Waals surface area contributed by atoms with E-state index in [1.165, 1.54) is 12.8 Å². The topological polar surface area (TPSA) is 37.3 Å². The zero-order valence-corrected chi connectivity index (χ0v) is 12.2. The Morgan fingerprint density at radius 3 is 2.57 bits per heavy atom. The number of rotatable bonds is 3. The number of nitrogens with one attached hydrogen (secondary N) is 1. The van der Waals surface area contributed by atoms with Gasteiger partial charge in [-0.25, -0.2) is 0 Å². The van der Waals surface area contributed by atoms with Gasteiger partial charge in [-0.3, -0.25) is 9.69 Å². The number of hydrogen-bond acceptors (Lipinski definition) is 3. The zero-order chi connectivity index (χ0) is 14.2.